The number of nitrogen functional groups attached to an aromatic ring is 1. The van der Waals surface area contributed by atoms with Crippen LogP contribution in [0.25, 0.3) is 33.8 Å². The summed E-state index contributed by atoms with van der Waals surface area (Å²) >= 11 is 0. The van der Waals surface area contributed by atoms with Crippen molar-refractivity contribution in [2.45, 2.75) is 33.7 Å². The fourth-order valence-corrected chi connectivity index (χ4v) is 3.30. The average molecular weight is 406 g/mol. The first-order valence-electron chi connectivity index (χ1n) is 9.52. The highest BCUT2D eigenvalue weighted by Crippen LogP contribution is 2.34. The molecule has 4 rings (SSSR count). The van der Waals surface area contributed by atoms with Crippen LogP contribution in [0.2, 0.25) is 0 Å². The maximum absolute atomic E-state index is 12.0. The number of carbonyl (C=O) groups is 1. The predicted molar refractivity (Wildman–Crippen MR) is 112 cm³/mol. The fourth-order valence-electron chi connectivity index (χ4n) is 3.30. The number of anilines is 1. The molecule has 0 saturated carbocycles. The standard InChI is InChI=1S/C21H22N6O3/c1-21(2,3)9-10-27-17-13(20(28)29)11-23-14(12-7-5-4-6-8-12)15(17)24-19(27)16-18(22)26-30-25-16/h4-8,11H,9-10H2,1-3H3,(H2,22,26)(H,28,29). The number of nitrogens with two attached hydrogens (primary N) is 1. The third-order valence-corrected chi connectivity index (χ3v) is 4.86. The van der Waals surface area contributed by atoms with Crippen molar-refractivity contribution in [1.82, 2.24) is 24.8 Å². The zero-order valence-electron chi connectivity index (χ0n) is 17.0. The summed E-state index contributed by atoms with van der Waals surface area (Å²) in [5.41, 5.74) is 8.64. The molecule has 0 radical (unpaired) electrons. The van der Waals surface area contributed by atoms with Crippen molar-refractivity contribution >= 4 is 22.8 Å². The Morgan fingerprint density at radius 1 is 1.17 bits per heavy atom. The van der Waals surface area contributed by atoms with Crippen molar-refractivity contribution in [3.8, 4) is 22.8 Å². The third kappa shape index (κ3) is 3.49. The lowest BCUT2D eigenvalue weighted by molar-refractivity contribution is 0.0698. The van der Waals surface area contributed by atoms with Gasteiger partial charge < -0.3 is 15.4 Å². The van der Waals surface area contributed by atoms with Crippen LogP contribution in [-0.2, 0) is 6.54 Å². The van der Waals surface area contributed by atoms with E-state index in [4.69, 9.17) is 15.3 Å². The van der Waals surface area contributed by atoms with Crippen molar-refractivity contribution in [1.29, 1.82) is 0 Å². The van der Waals surface area contributed by atoms with Gasteiger partial charge in [-0.3, -0.25) is 4.98 Å². The van der Waals surface area contributed by atoms with Crippen LogP contribution < -0.4 is 5.73 Å². The van der Waals surface area contributed by atoms with Crippen molar-refractivity contribution < 1.29 is 14.5 Å². The van der Waals surface area contributed by atoms with E-state index in [2.05, 4.69) is 36.1 Å². The summed E-state index contributed by atoms with van der Waals surface area (Å²) in [5.74, 6) is -0.587. The number of hydrogen-bond donors (Lipinski definition) is 2. The van der Waals surface area contributed by atoms with Crippen LogP contribution in [0.5, 0.6) is 0 Å². The van der Waals surface area contributed by atoms with Gasteiger partial charge in [-0.1, -0.05) is 51.1 Å². The molecule has 0 fully saturated rings. The van der Waals surface area contributed by atoms with Gasteiger partial charge in [0, 0.05) is 18.3 Å². The molecule has 154 valence electrons. The summed E-state index contributed by atoms with van der Waals surface area (Å²) in [6.45, 7) is 6.87. The first-order valence-corrected chi connectivity index (χ1v) is 9.52. The molecule has 9 nitrogen and oxygen atoms in total. The molecule has 3 aromatic heterocycles. The van der Waals surface area contributed by atoms with Gasteiger partial charge >= 0.3 is 5.97 Å². The van der Waals surface area contributed by atoms with E-state index < -0.39 is 5.97 Å². The number of carboxylic acids is 1. The molecule has 0 bridgehead atoms. The van der Waals surface area contributed by atoms with Crippen LogP contribution in [0.4, 0.5) is 5.82 Å². The molecule has 4 aromatic rings. The van der Waals surface area contributed by atoms with E-state index in [1.54, 1.807) is 0 Å². The summed E-state index contributed by atoms with van der Waals surface area (Å²) in [6.07, 6.45) is 2.15. The van der Waals surface area contributed by atoms with Crippen molar-refractivity contribution in [2.24, 2.45) is 5.41 Å². The Morgan fingerprint density at radius 2 is 1.90 bits per heavy atom. The third-order valence-electron chi connectivity index (χ3n) is 4.86. The Bertz CT molecular complexity index is 1220. The average Bonchev–Trinajstić information content (AvgIpc) is 3.28. The molecule has 1 aromatic carbocycles. The molecule has 0 aliphatic carbocycles. The first-order chi connectivity index (χ1) is 14.3. The van der Waals surface area contributed by atoms with E-state index in [1.807, 2.05) is 34.9 Å². The van der Waals surface area contributed by atoms with Crippen molar-refractivity contribution in [2.75, 3.05) is 5.73 Å². The minimum atomic E-state index is -1.08. The smallest absolute Gasteiger partial charge is 0.339 e. The van der Waals surface area contributed by atoms with Crippen LogP contribution in [0.15, 0.2) is 41.2 Å². The second-order valence-corrected chi connectivity index (χ2v) is 8.28. The highest BCUT2D eigenvalue weighted by molar-refractivity contribution is 6.05. The topological polar surface area (TPSA) is 133 Å². The van der Waals surface area contributed by atoms with E-state index in [0.717, 1.165) is 12.0 Å². The maximum Gasteiger partial charge on any atom is 0.339 e. The van der Waals surface area contributed by atoms with Gasteiger partial charge in [0.2, 0.25) is 0 Å². The molecule has 0 unspecified atom stereocenters. The van der Waals surface area contributed by atoms with E-state index in [9.17, 15) is 9.90 Å². The molecule has 0 saturated heterocycles. The molecule has 3 heterocycles. The molecule has 30 heavy (non-hydrogen) atoms. The minimum Gasteiger partial charge on any atom is -0.478 e. The quantitative estimate of drug-likeness (QED) is 0.510. The normalized spacial score (nSPS) is 11.8. The Hall–Kier alpha value is -3.75. The zero-order chi connectivity index (χ0) is 21.5. The fraction of sp³-hybridized carbons (Fsp3) is 0.286. The molecule has 0 amide bonds. The van der Waals surface area contributed by atoms with Gasteiger partial charge in [-0.15, -0.1) is 0 Å². The lowest BCUT2D eigenvalue weighted by atomic mass is 9.92. The highest BCUT2D eigenvalue weighted by atomic mass is 16.6. The van der Waals surface area contributed by atoms with E-state index in [0.29, 0.717) is 29.1 Å². The molecule has 0 aliphatic heterocycles. The largest absolute Gasteiger partial charge is 0.478 e. The number of benzene rings is 1. The number of fused-ring (bicyclic) bond motifs is 1. The molecule has 9 heteroatoms. The summed E-state index contributed by atoms with van der Waals surface area (Å²) in [5, 5.41) is 17.4. The van der Waals surface area contributed by atoms with E-state index >= 15 is 0 Å². The number of hydrogen-bond acceptors (Lipinski definition) is 7. The number of imidazole rings is 1. The van der Waals surface area contributed by atoms with Crippen molar-refractivity contribution in [3.05, 3.63) is 42.1 Å². The van der Waals surface area contributed by atoms with E-state index in [-0.39, 0.29) is 22.5 Å². The molecular formula is C21H22N6O3. The summed E-state index contributed by atoms with van der Waals surface area (Å²) < 4.78 is 6.61. The van der Waals surface area contributed by atoms with Crippen molar-refractivity contribution in [3.63, 3.8) is 0 Å². The van der Waals surface area contributed by atoms with E-state index in [1.165, 1.54) is 6.20 Å². The molecule has 0 aliphatic rings. The first kappa shape index (κ1) is 19.6. The number of carboxylic acid groups (broad SMARTS) is 1. The number of rotatable bonds is 5. The summed E-state index contributed by atoms with van der Waals surface area (Å²) in [7, 11) is 0. The number of nitrogens with zero attached hydrogens (tertiary/aromatic N) is 5. The lowest BCUT2D eigenvalue weighted by Gasteiger charge is -2.19. The monoisotopic (exact) mass is 406 g/mol. The zero-order valence-corrected chi connectivity index (χ0v) is 17.0. The van der Waals surface area contributed by atoms with Crippen LogP contribution in [-0.4, -0.2) is 35.9 Å². The van der Waals surface area contributed by atoms with Crippen LogP contribution >= 0.6 is 0 Å². The van der Waals surface area contributed by atoms with Crippen LogP contribution in [0.3, 0.4) is 0 Å². The number of aryl methyl sites for hydroxylation is 1. The molecule has 3 N–H and O–H groups in total. The Morgan fingerprint density at radius 3 is 2.50 bits per heavy atom. The van der Waals surface area contributed by atoms with Crippen LogP contribution in [0, 0.1) is 5.41 Å². The minimum absolute atomic E-state index is 0.0140. The summed E-state index contributed by atoms with van der Waals surface area (Å²) in [4.78, 5) is 21.2. The van der Waals surface area contributed by atoms with Gasteiger partial charge in [0.1, 0.15) is 11.1 Å². The van der Waals surface area contributed by atoms with Crippen LogP contribution in [0.1, 0.15) is 37.6 Å². The second-order valence-electron chi connectivity index (χ2n) is 8.28. The summed E-state index contributed by atoms with van der Waals surface area (Å²) in [6, 6.07) is 9.50. The molecule has 0 atom stereocenters. The number of aromatic nitrogens is 5. The molecule has 0 spiro atoms. The van der Waals surface area contributed by atoms with Gasteiger partial charge in [-0.05, 0) is 22.1 Å². The molecular weight excluding hydrogens is 384 g/mol. The SMILES string of the molecule is CC(C)(C)CCn1c(-c2nonc2N)nc2c(-c3ccccc3)ncc(C(=O)O)c21. The lowest BCUT2D eigenvalue weighted by Crippen LogP contribution is -2.13. The number of aromatic carboxylic acids is 1. The maximum atomic E-state index is 12.0. The predicted octanol–water partition coefficient (Wildman–Crippen LogP) is 3.86. The Balaban J connectivity index is 2.06. The highest BCUT2D eigenvalue weighted by Gasteiger charge is 2.26. The van der Waals surface area contributed by atoms with Gasteiger partial charge in [-0.2, -0.15) is 0 Å². The Kier molecular flexibility index (Phi) is 4.73. The Labute approximate surface area is 172 Å². The van der Waals surface area contributed by atoms with Gasteiger partial charge in [0.05, 0.1) is 11.2 Å². The number of pyridine rings is 1. The second kappa shape index (κ2) is 7.25. The van der Waals surface area contributed by atoms with Gasteiger partial charge in [0.15, 0.2) is 17.3 Å². The van der Waals surface area contributed by atoms with Gasteiger partial charge in [0.25, 0.3) is 0 Å². The van der Waals surface area contributed by atoms with Gasteiger partial charge in [-0.25, -0.2) is 14.4 Å².